The largest absolute Gasteiger partial charge is 0.468 e. The summed E-state index contributed by atoms with van der Waals surface area (Å²) in [7, 11) is 0. The van der Waals surface area contributed by atoms with Gasteiger partial charge in [-0.25, -0.2) is 0 Å². The predicted molar refractivity (Wildman–Crippen MR) is 125 cm³/mol. The van der Waals surface area contributed by atoms with Crippen LogP contribution in [0.5, 0.6) is 11.5 Å². The Balaban J connectivity index is 1.88. The van der Waals surface area contributed by atoms with Crippen LogP contribution in [-0.4, -0.2) is 25.2 Å². The Bertz CT molecular complexity index is 990. The molecule has 5 nitrogen and oxygen atoms in total. The number of hydrogen-bond donors (Lipinski definition) is 0. The molecule has 2 aromatic rings. The minimum Gasteiger partial charge on any atom is -0.468 e. The van der Waals surface area contributed by atoms with Crippen LogP contribution in [0.15, 0.2) is 36.4 Å². The second-order valence-electron chi connectivity index (χ2n) is 10.4. The van der Waals surface area contributed by atoms with Crippen molar-refractivity contribution in [3.8, 4) is 11.5 Å². The summed E-state index contributed by atoms with van der Waals surface area (Å²) in [6.45, 7) is 14.8. The summed E-state index contributed by atoms with van der Waals surface area (Å²) in [6, 6.07) is 11.7. The average Bonchev–Trinajstić information content (AvgIpc) is 3.05. The fourth-order valence-corrected chi connectivity index (χ4v) is 3.70. The lowest BCUT2D eigenvalue weighted by molar-refractivity contribution is -0.133. The summed E-state index contributed by atoms with van der Waals surface area (Å²) in [4.78, 5) is 24.2. The van der Waals surface area contributed by atoms with E-state index in [9.17, 15) is 9.59 Å². The van der Waals surface area contributed by atoms with Gasteiger partial charge in [0.1, 0.15) is 24.0 Å². The highest BCUT2D eigenvalue weighted by molar-refractivity contribution is 5.90. The van der Waals surface area contributed by atoms with Gasteiger partial charge in [-0.05, 0) is 34.1 Å². The van der Waals surface area contributed by atoms with E-state index in [1.54, 1.807) is 6.92 Å². The van der Waals surface area contributed by atoms with Crippen molar-refractivity contribution in [1.82, 2.24) is 0 Å². The number of benzene rings is 2. The van der Waals surface area contributed by atoms with Gasteiger partial charge in [-0.3, -0.25) is 9.59 Å². The summed E-state index contributed by atoms with van der Waals surface area (Å²) in [5, 5.41) is 0. The molecule has 0 saturated carbocycles. The maximum Gasteiger partial charge on any atom is 0.323 e. The third kappa shape index (κ3) is 5.21. The highest BCUT2D eigenvalue weighted by atomic mass is 16.7. The number of rotatable bonds is 7. The summed E-state index contributed by atoms with van der Waals surface area (Å²) in [5.41, 5.74) is 3.80. The van der Waals surface area contributed by atoms with Gasteiger partial charge in [-0.2, -0.15) is 0 Å². The van der Waals surface area contributed by atoms with E-state index < -0.39 is 5.92 Å². The van der Waals surface area contributed by atoms with E-state index in [0.717, 1.165) is 16.7 Å². The Morgan fingerprint density at radius 1 is 1.00 bits per heavy atom. The maximum absolute atomic E-state index is 13.0. The van der Waals surface area contributed by atoms with Crippen molar-refractivity contribution < 1.29 is 23.8 Å². The lowest BCUT2D eigenvalue weighted by Gasteiger charge is -2.27. The van der Waals surface area contributed by atoms with Gasteiger partial charge in [0, 0.05) is 17.5 Å². The van der Waals surface area contributed by atoms with Crippen molar-refractivity contribution in [3.05, 3.63) is 58.7 Å². The molecule has 32 heavy (non-hydrogen) atoms. The monoisotopic (exact) mass is 438 g/mol. The van der Waals surface area contributed by atoms with Crippen LogP contribution in [0.2, 0.25) is 0 Å². The third-order valence-electron chi connectivity index (χ3n) is 5.72. The van der Waals surface area contributed by atoms with Crippen molar-refractivity contribution in [2.24, 2.45) is 0 Å². The highest BCUT2D eigenvalue weighted by Crippen LogP contribution is 2.47. The van der Waals surface area contributed by atoms with Gasteiger partial charge in [-0.15, -0.1) is 0 Å². The second kappa shape index (κ2) is 9.07. The predicted octanol–water partition coefficient (Wildman–Crippen LogP) is 5.66. The number of carbonyl (C=O) groups is 2. The summed E-state index contributed by atoms with van der Waals surface area (Å²) >= 11 is 0. The van der Waals surface area contributed by atoms with E-state index in [-0.39, 0.29) is 36.0 Å². The second-order valence-corrected chi connectivity index (χ2v) is 10.4. The van der Waals surface area contributed by atoms with E-state index in [4.69, 9.17) is 14.2 Å². The van der Waals surface area contributed by atoms with Crippen molar-refractivity contribution in [2.75, 3.05) is 13.4 Å². The van der Waals surface area contributed by atoms with Gasteiger partial charge in [-0.1, -0.05) is 72.7 Å². The van der Waals surface area contributed by atoms with Crippen LogP contribution in [0, 0.1) is 0 Å². The Morgan fingerprint density at radius 3 is 2.22 bits per heavy atom. The van der Waals surface area contributed by atoms with Crippen molar-refractivity contribution in [1.29, 1.82) is 0 Å². The smallest absolute Gasteiger partial charge is 0.323 e. The molecule has 0 spiro atoms. The van der Waals surface area contributed by atoms with Gasteiger partial charge in [0.15, 0.2) is 12.6 Å². The molecule has 3 rings (SSSR count). The molecule has 0 aromatic heterocycles. The van der Waals surface area contributed by atoms with Gasteiger partial charge < -0.3 is 14.2 Å². The van der Waals surface area contributed by atoms with Crippen LogP contribution in [0.1, 0.15) is 83.1 Å². The first-order valence-corrected chi connectivity index (χ1v) is 11.1. The zero-order valence-corrected chi connectivity index (χ0v) is 20.2. The van der Waals surface area contributed by atoms with Crippen LogP contribution >= 0.6 is 0 Å². The lowest BCUT2D eigenvalue weighted by atomic mass is 9.77. The lowest BCUT2D eigenvalue weighted by Crippen LogP contribution is -2.17. The topological polar surface area (TPSA) is 61.8 Å². The van der Waals surface area contributed by atoms with Gasteiger partial charge in [0.05, 0.1) is 0 Å². The zero-order chi connectivity index (χ0) is 23.7. The molecule has 1 unspecified atom stereocenters. The number of ether oxygens (including phenoxy) is 3. The Morgan fingerprint density at radius 2 is 1.66 bits per heavy atom. The maximum atomic E-state index is 13.0. The minimum absolute atomic E-state index is 0.00325. The molecular weight excluding hydrogens is 404 g/mol. The SMILES string of the molecule is CCC(=O)COCOc1ccc(C2C(=O)Oc3c2cc(C(C)(C)C)cc3C(C)(C)C)cc1. The van der Waals surface area contributed by atoms with Crippen LogP contribution in [0.4, 0.5) is 0 Å². The third-order valence-corrected chi connectivity index (χ3v) is 5.72. The number of Topliss-reactive ketones (excluding diaryl/α,β-unsaturated/α-hetero) is 1. The summed E-state index contributed by atoms with van der Waals surface area (Å²) in [5.74, 6) is 0.608. The number of hydrogen-bond acceptors (Lipinski definition) is 5. The van der Waals surface area contributed by atoms with Crippen LogP contribution < -0.4 is 9.47 Å². The molecular formula is C27H34O5. The number of carbonyl (C=O) groups excluding carboxylic acids is 2. The molecule has 0 fully saturated rings. The molecule has 2 aromatic carbocycles. The molecule has 1 aliphatic heterocycles. The van der Waals surface area contributed by atoms with E-state index in [1.807, 2.05) is 24.3 Å². The van der Waals surface area contributed by atoms with Crippen molar-refractivity contribution >= 4 is 11.8 Å². The minimum atomic E-state index is -0.471. The molecule has 0 bridgehead atoms. The molecule has 0 saturated heterocycles. The van der Waals surface area contributed by atoms with Crippen LogP contribution in [-0.2, 0) is 25.2 Å². The number of ketones is 1. The van der Waals surface area contributed by atoms with Crippen molar-refractivity contribution in [3.63, 3.8) is 0 Å². The molecule has 1 aliphatic rings. The van der Waals surface area contributed by atoms with Crippen LogP contribution in [0.3, 0.4) is 0 Å². The molecule has 172 valence electrons. The molecule has 5 heteroatoms. The van der Waals surface area contributed by atoms with Gasteiger partial charge >= 0.3 is 5.97 Å². The number of esters is 1. The Hall–Kier alpha value is -2.66. The van der Waals surface area contributed by atoms with Gasteiger partial charge in [0.25, 0.3) is 0 Å². The molecule has 0 amide bonds. The van der Waals surface area contributed by atoms with E-state index in [2.05, 4.69) is 53.7 Å². The summed E-state index contributed by atoms with van der Waals surface area (Å²) in [6.07, 6.45) is 0.446. The molecule has 0 N–H and O–H groups in total. The summed E-state index contributed by atoms with van der Waals surface area (Å²) < 4.78 is 16.6. The standard InChI is InChI=1S/C27H34O5/c1-8-19(28)15-30-16-31-20-11-9-17(10-12-20)23-21-13-18(26(2,3)4)14-22(27(5,6)7)24(21)32-25(23)29/h9-14,23H,8,15-16H2,1-7H3. The Kier molecular flexibility index (Phi) is 6.80. The fraction of sp³-hybridized carbons (Fsp3) is 0.481. The normalized spacial score (nSPS) is 16.0. The molecule has 1 heterocycles. The zero-order valence-electron chi connectivity index (χ0n) is 20.2. The van der Waals surface area contributed by atoms with Crippen molar-refractivity contribution in [2.45, 2.75) is 71.6 Å². The first-order chi connectivity index (χ1) is 14.9. The average molecular weight is 439 g/mol. The quantitative estimate of drug-likeness (QED) is 0.241. The molecule has 0 radical (unpaired) electrons. The number of fused-ring (bicyclic) bond motifs is 1. The highest BCUT2D eigenvalue weighted by Gasteiger charge is 2.39. The van der Waals surface area contributed by atoms with Crippen LogP contribution in [0.25, 0.3) is 0 Å². The molecule has 1 atom stereocenters. The van der Waals surface area contributed by atoms with E-state index in [0.29, 0.717) is 17.9 Å². The Labute approximate surface area is 191 Å². The first kappa shape index (κ1) is 24.0. The first-order valence-electron chi connectivity index (χ1n) is 11.1. The van der Waals surface area contributed by atoms with E-state index in [1.165, 1.54) is 5.56 Å². The fourth-order valence-electron chi connectivity index (χ4n) is 3.70. The van der Waals surface area contributed by atoms with E-state index >= 15 is 0 Å². The molecule has 0 aliphatic carbocycles. The van der Waals surface area contributed by atoms with Gasteiger partial charge in [0.2, 0.25) is 0 Å².